The van der Waals surface area contributed by atoms with Crippen LogP contribution in [0.2, 0.25) is 0 Å². The Balaban J connectivity index is 1.07. The summed E-state index contributed by atoms with van der Waals surface area (Å²) in [7, 11) is 0. The van der Waals surface area contributed by atoms with E-state index in [1.165, 1.54) is 66.1 Å². The first kappa shape index (κ1) is 33.6. The topological polar surface area (TPSA) is 35.6 Å². The molecule has 12 rings (SSSR count). The molecule has 3 aromatic heterocycles. The second-order valence-electron chi connectivity index (χ2n) is 16.2. The van der Waals surface area contributed by atoms with Gasteiger partial charge in [0.2, 0.25) is 5.95 Å². The van der Waals surface area contributed by atoms with Gasteiger partial charge in [0.15, 0.2) is 0 Å². The number of para-hydroxylation sites is 3. The van der Waals surface area contributed by atoms with Crippen LogP contribution in [-0.2, 0) is 5.41 Å². The van der Waals surface area contributed by atoms with E-state index in [1.807, 2.05) is 0 Å². The quantitative estimate of drug-likeness (QED) is 0.175. The lowest BCUT2D eigenvalue weighted by Gasteiger charge is -2.22. The number of hydrogen-bond donors (Lipinski definition) is 0. The van der Waals surface area contributed by atoms with Gasteiger partial charge in [0, 0.05) is 43.8 Å². The third kappa shape index (κ3) is 5.09. The Morgan fingerprint density at radius 1 is 0.356 bits per heavy atom. The fraction of sp³-hybridized carbons (Fsp3) is 0.0545. The second kappa shape index (κ2) is 12.7. The molecule has 0 bridgehead atoms. The monoisotopic (exact) mass is 754 g/mol. The summed E-state index contributed by atoms with van der Waals surface area (Å²) in [6.45, 7) is 4.75. The van der Waals surface area contributed by atoms with Crippen molar-refractivity contribution in [2.24, 2.45) is 0 Å². The van der Waals surface area contributed by atoms with Gasteiger partial charge in [-0.2, -0.15) is 0 Å². The van der Waals surface area contributed by atoms with Gasteiger partial charge in [-0.05, 0) is 88.0 Å². The SMILES string of the molecule is CC1(C)c2cc(-n3c4ccccc4c4ccccc43)ccc2-c2cc3c(cc21)c1ccccc1n3-c1nc(-c2ccccc2)cc(-c2cccc(-c3ccccc3)c2)n1. The van der Waals surface area contributed by atoms with Crippen LogP contribution >= 0.6 is 0 Å². The highest BCUT2D eigenvalue weighted by Crippen LogP contribution is 2.52. The Morgan fingerprint density at radius 2 is 0.881 bits per heavy atom. The molecule has 8 aromatic carbocycles. The van der Waals surface area contributed by atoms with Gasteiger partial charge < -0.3 is 4.57 Å². The van der Waals surface area contributed by atoms with E-state index in [4.69, 9.17) is 9.97 Å². The van der Waals surface area contributed by atoms with Gasteiger partial charge in [-0.25, -0.2) is 9.97 Å². The van der Waals surface area contributed by atoms with Gasteiger partial charge in [-0.3, -0.25) is 4.57 Å². The number of hydrogen-bond acceptors (Lipinski definition) is 2. The minimum Gasteiger partial charge on any atom is -0.309 e. The molecular weight excluding hydrogens is 717 g/mol. The molecular formula is C55H38N4. The Labute approximate surface area is 342 Å². The van der Waals surface area contributed by atoms with Crippen LogP contribution in [0.25, 0.3) is 100 Å². The van der Waals surface area contributed by atoms with Gasteiger partial charge in [0.25, 0.3) is 0 Å². The minimum atomic E-state index is -0.225. The first-order valence-electron chi connectivity index (χ1n) is 20.3. The molecule has 3 heterocycles. The van der Waals surface area contributed by atoms with Crippen molar-refractivity contribution in [2.45, 2.75) is 19.3 Å². The molecule has 0 aliphatic heterocycles. The fourth-order valence-corrected chi connectivity index (χ4v) is 9.67. The lowest BCUT2D eigenvalue weighted by atomic mass is 9.82. The van der Waals surface area contributed by atoms with E-state index < -0.39 is 0 Å². The molecule has 0 spiro atoms. The summed E-state index contributed by atoms with van der Waals surface area (Å²) in [6, 6.07) is 69.9. The van der Waals surface area contributed by atoms with E-state index in [0.29, 0.717) is 5.95 Å². The number of benzene rings is 8. The first-order valence-corrected chi connectivity index (χ1v) is 20.3. The summed E-state index contributed by atoms with van der Waals surface area (Å²) >= 11 is 0. The van der Waals surface area contributed by atoms with Gasteiger partial charge in [-0.1, -0.05) is 153 Å². The molecule has 4 nitrogen and oxygen atoms in total. The third-order valence-electron chi connectivity index (χ3n) is 12.5. The van der Waals surface area contributed by atoms with E-state index >= 15 is 0 Å². The average Bonchev–Trinajstić information content (AvgIpc) is 3.88. The molecule has 0 atom stereocenters. The molecule has 59 heavy (non-hydrogen) atoms. The molecule has 0 fully saturated rings. The Hall–Kier alpha value is -7.56. The molecule has 0 amide bonds. The molecule has 0 radical (unpaired) electrons. The molecule has 1 aliphatic carbocycles. The van der Waals surface area contributed by atoms with Crippen molar-refractivity contribution < 1.29 is 0 Å². The highest BCUT2D eigenvalue weighted by atomic mass is 15.2. The summed E-state index contributed by atoms with van der Waals surface area (Å²) < 4.78 is 4.70. The third-order valence-corrected chi connectivity index (χ3v) is 12.5. The van der Waals surface area contributed by atoms with E-state index in [-0.39, 0.29) is 5.41 Å². The number of aromatic nitrogens is 4. The summed E-state index contributed by atoms with van der Waals surface area (Å²) in [5.74, 6) is 0.650. The fourth-order valence-electron chi connectivity index (χ4n) is 9.67. The van der Waals surface area contributed by atoms with Crippen LogP contribution in [0.1, 0.15) is 25.0 Å². The highest BCUT2D eigenvalue weighted by molar-refractivity contribution is 6.12. The minimum absolute atomic E-state index is 0.225. The van der Waals surface area contributed by atoms with E-state index in [1.54, 1.807) is 0 Å². The lowest BCUT2D eigenvalue weighted by molar-refractivity contribution is 0.660. The number of nitrogens with zero attached hydrogens (tertiary/aromatic N) is 4. The average molecular weight is 755 g/mol. The predicted octanol–water partition coefficient (Wildman–Crippen LogP) is 14.0. The highest BCUT2D eigenvalue weighted by Gasteiger charge is 2.37. The Kier molecular flexibility index (Phi) is 7.24. The summed E-state index contributed by atoms with van der Waals surface area (Å²) in [4.78, 5) is 10.8. The summed E-state index contributed by atoms with van der Waals surface area (Å²) in [5, 5.41) is 4.92. The Morgan fingerprint density at radius 3 is 1.56 bits per heavy atom. The van der Waals surface area contributed by atoms with Crippen molar-refractivity contribution in [3.05, 3.63) is 205 Å². The zero-order chi connectivity index (χ0) is 39.2. The van der Waals surface area contributed by atoms with E-state index in [9.17, 15) is 0 Å². The molecule has 4 heteroatoms. The van der Waals surface area contributed by atoms with E-state index in [2.05, 4.69) is 217 Å². The summed E-state index contributed by atoms with van der Waals surface area (Å²) in [6.07, 6.45) is 0. The van der Waals surface area contributed by atoms with Gasteiger partial charge in [0.1, 0.15) is 0 Å². The van der Waals surface area contributed by atoms with Gasteiger partial charge in [0.05, 0.1) is 33.5 Å². The smallest absolute Gasteiger partial charge is 0.235 e. The number of fused-ring (bicyclic) bond motifs is 9. The van der Waals surface area contributed by atoms with Crippen molar-refractivity contribution in [1.29, 1.82) is 0 Å². The maximum absolute atomic E-state index is 5.41. The zero-order valence-electron chi connectivity index (χ0n) is 32.8. The molecule has 11 aromatic rings. The second-order valence-corrected chi connectivity index (χ2v) is 16.2. The summed E-state index contributed by atoms with van der Waals surface area (Å²) in [5.41, 5.74) is 16.9. The van der Waals surface area contributed by atoms with Crippen molar-refractivity contribution in [2.75, 3.05) is 0 Å². The molecule has 1 aliphatic rings. The lowest BCUT2D eigenvalue weighted by Crippen LogP contribution is -2.15. The molecule has 278 valence electrons. The largest absolute Gasteiger partial charge is 0.309 e. The Bertz CT molecular complexity index is 3410. The normalized spacial score (nSPS) is 13.1. The van der Waals surface area contributed by atoms with Crippen LogP contribution in [0.4, 0.5) is 0 Å². The zero-order valence-corrected chi connectivity index (χ0v) is 32.8. The predicted molar refractivity (Wildman–Crippen MR) is 245 cm³/mol. The molecule has 0 N–H and O–H groups in total. The number of rotatable bonds is 5. The first-order chi connectivity index (χ1) is 29.0. The van der Waals surface area contributed by atoms with Crippen molar-refractivity contribution in [1.82, 2.24) is 19.1 Å². The standard InChI is InChI=1S/C55H38N4/c1-55(2)46-31-39(58-50-25-12-9-22-41(50)42-23-10-13-26-51(42)58)28-29-40(46)44-33-53-45(32-47(44)55)43-24-11-14-27-52(43)59(53)54-56-48(36-18-7-4-8-19-36)34-49(57-54)38-21-15-20-37(30-38)35-16-5-3-6-17-35/h3-34H,1-2H3. The van der Waals surface area contributed by atoms with Crippen molar-refractivity contribution >= 4 is 43.6 Å². The van der Waals surface area contributed by atoms with Crippen LogP contribution in [0.5, 0.6) is 0 Å². The van der Waals surface area contributed by atoms with E-state index in [0.717, 1.165) is 39.1 Å². The molecule has 0 unspecified atom stereocenters. The maximum Gasteiger partial charge on any atom is 0.235 e. The molecule has 0 saturated heterocycles. The van der Waals surface area contributed by atoms with Crippen LogP contribution in [0, 0.1) is 0 Å². The van der Waals surface area contributed by atoms with Gasteiger partial charge >= 0.3 is 0 Å². The van der Waals surface area contributed by atoms with Crippen molar-refractivity contribution in [3.8, 4) is 56.4 Å². The van der Waals surface area contributed by atoms with Crippen molar-refractivity contribution in [3.63, 3.8) is 0 Å². The molecule has 0 saturated carbocycles. The van der Waals surface area contributed by atoms with Crippen LogP contribution < -0.4 is 0 Å². The van der Waals surface area contributed by atoms with Crippen LogP contribution in [0.15, 0.2) is 194 Å². The van der Waals surface area contributed by atoms with Crippen LogP contribution in [-0.4, -0.2) is 19.1 Å². The van der Waals surface area contributed by atoms with Crippen LogP contribution in [0.3, 0.4) is 0 Å². The maximum atomic E-state index is 5.41. The van der Waals surface area contributed by atoms with Gasteiger partial charge in [-0.15, -0.1) is 0 Å².